The highest BCUT2D eigenvalue weighted by Crippen LogP contribution is 2.17. The van der Waals surface area contributed by atoms with Crippen molar-refractivity contribution in [3.05, 3.63) is 35.3 Å². The number of hydrogen-bond acceptors (Lipinski definition) is 3. The van der Waals surface area contributed by atoms with Crippen molar-refractivity contribution in [3.63, 3.8) is 0 Å². The molecule has 0 bridgehead atoms. The first kappa shape index (κ1) is 15.8. The minimum absolute atomic E-state index is 0.0991. The van der Waals surface area contributed by atoms with Gasteiger partial charge in [0.25, 0.3) is 5.91 Å². The molecule has 0 saturated carbocycles. The summed E-state index contributed by atoms with van der Waals surface area (Å²) in [6, 6.07) is 1.81. The monoisotopic (exact) mass is 290 g/mol. The first-order valence-corrected chi connectivity index (χ1v) is 7.80. The number of allylic oxidation sites excluding steroid dienone is 1. The van der Waals surface area contributed by atoms with E-state index in [0.717, 1.165) is 44.6 Å². The van der Waals surface area contributed by atoms with E-state index in [-0.39, 0.29) is 5.91 Å². The van der Waals surface area contributed by atoms with E-state index in [0.29, 0.717) is 11.7 Å². The fourth-order valence-corrected chi connectivity index (χ4v) is 2.91. The molecule has 1 aromatic heterocycles. The number of nitrogens with one attached hydrogen (secondary N) is 1. The van der Waals surface area contributed by atoms with Crippen molar-refractivity contribution in [2.45, 2.75) is 33.6 Å². The predicted octanol–water partition coefficient (Wildman–Crippen LogP) is 3.00. The third-order valence-corrected chi connectivity index (χ3v) is 4.02. The molecular weight excluding hydrogens is 264 g/mol. The Kier molecular flexibility index (Phi) is 5.62. The smallest absolute Gasteiger partial charge is 0.287 e. The van der Waals surface area contributed by atoms with Crippen molar-refractivity contribution >= 4 is 5.91 Å². The van der Waals surface area contributed by atoms with Crippen molar-refractivity contribution in [2.24, 2.45) is 5.92 Å². The van der Waals surface area contributed by atoms with Crippen LogP contribution in [-0.2, 0) is 0 Å². The number of nitrogens with zero attached hydrogens (tertiary/aromatic N) is 1. The van der Waals surface area contributed by atoms with Gasteiger partial charge in [0.1, 0.15) is 0 Å². The lowest BCUT2D eigenvalue weighted by atomic mass is 10.1. The lowest BCUT2D eigenvalue weighted by molar-refractivity contribution is 0.0919. The third kappa shape index (κ3) is 4.46. The van der Waals surface area contributed by atoms with Crippen LogP contribution in [0.2, 0.25) is 0 Å². The zero-order valence-electron chi connectivity index (χ0n) is 13.3. The maximum Gasteiger partial charge on any atom is 0.287 e. The molecular formula is C17H26N2O2. The molecule has 0 aromatic carbocycles. The Bertz CT molecular complexity index is 505. The number of carbonyl (C=O) groups is 1. The van der Waals surface area contributed by atoms with Crippen LogP contribution < -0.4 is 5.32 Å². The first-order chi connectivity index (χ1) is 10.1. The number of rotatable bonds is 6. The van der Waals surface area contributed by atoms with Gasteiger partial charge in [-0.1, -0.05) is 18.6 Å². The maximum absolute atomic E-state index is 12.0. The van der Waals surface area contributed by atoms with Crippen LogP contribution in [0.25, 0.3) is 0 Å². The molecule has 1 aliphatic heterocycles. The predicted molar refractivity (Wildman–Crippen MR) is 84.4 cm³/mol. The van der Waals surface area contributed by atoms with Crippen LogP contribution in [0.3, 0.4) is 0 Å². The molecule has 1 atom stereocenters. The molecule has 0 aliphatic carbocycles. The molecule has 1 saturated heterocycles. The summed E-state index contributed by atoms with van der Waals surface area (Å²) < 4.78 is 5.21. The molecule has 21 heavy (non-hydrogen) atoms. The minimum atomic E-state index is -0.0991. The molecule has 1 fully saturated rings. The second-order valence-corrected chi connectivity index (χ2v) is 5.99. The second kappa shape index (κ2) is 7.46. The standard InChI is InChI=1S/C17H26N2O2/c1-4-5-13(2)11-19-8-6-15(12-19)10-18-17(20)16-14(3)7-9-21-16/h5,7,9,15H,4,6,8,10-12H2,1-3H3,(H,18,20). The lowest BCUT2D eigenvalue weighted by Gasteiger charge is -2.16. The quantitative estimate of drug-likeness (QED) is 0.819. The molecule has 4 nitrogen and oxygen atoms in total. The van der Waals surface area contributed by atoms with Crippen molar-refractivity contribution in [1.29, 1.82) is 0 Å². The molecule has 2 rings (SSSR count). The summed E-state index contributed by atoms with van der Waals surface area (Å²) in [7, 11) is 0. The van der Waals surface area contributed by atoms with Gasteiger partial charge in [-0.05, 0) is 45.2 Å². The largest absolute Gasteiger partial charge is 0.459 e. The summed E-state index contributed by atoms with van der Waals surface area (Å²) in [5, 5.41) is 2.99. The summed E-state index contributed by atoms with van der Waals surface area (Å²) in [6.07, 6.45) is 6.09. The number of amides is 1. The van der Waals surface area contributed by atoms with E-state index in [4.69, 9.17) is 4.42 Å². The van der Waals surface area contributed by atoms with Crippen LogP contribution >= 0.6 is 0 Å². The van der Waals surface area contributed by atoms with Crippen LogP contribution in [0.4, 0.5) is 0 Å². The molecule has 0 radical (unpaired) electrons. The van der Waals surface area contributed by atoms with Gasteiger partial charge in [-0.2, -0.15) is 0 Å². The van der Waals surface area contributed by atoms with E-state index in [1.807, 2.05) is 13.0 Å². The average molecular weight is 290 g/mol. The third-order valence-electron chi connectivity index (χ3n) is 4.02. The zero-order valence-corrected chi connectivity index (χ0v) is 13.3. The van der Waals surface area contributed by atoms with E-state index in [2.05, 4.69) is 30.1 Å². The van der Waals surface area contributed by atoms with E-state index in [9.17, 15) is 4.79 Å². The van der Waals surface area contributed by atoms with E-state index >= 15 is 0 Å². The highest BCUT2D eigenvalue weighted by Gasteiger charge is 2.23. The van der Waals surface area contributed by atoms with Crippen molar-refractivity contribution in [3.8, 4) is 0 Å². The average Bonchev–Trinajstić information content (AvgIpc) is 3.05. The number of hydrogen-bond donors (Lipinski definition) is 1. The van der Waals surface area contributed by atoms with Gasteiger partial charge < -0.3 is 9.73 Å². The Morgan fingerprint density at radius 3 is 3.05 bits per heavy atom. The van der Waals surface area contributed by atoms with Gasteiger partial charge in [0.05, 0.1) is 6.26 Å². The lowest BCUT2D eigenvalue weighted by Crippen LogP contribution is -2.31. The van der Waals surface area contributed by atoms with Crippen LogP contribution in [-0.4, -0.2) is 37.0 Å². The molecule has 2 heterocycles. The summed E-state index contributed by atoms with van der Waals surface area (Å²) >= 11 is 0. The summed E-state index contributed by atoms with van der Waals surface area (Å²) in [5.74, 6) is 0.878. The van der Waals surface area contributed by atoms with Crippen molar-refractivity contribution < 1.29 is 9.21 Å². The molecule has 116 valence electrons. The van der Waals surface area contributed by atoms with E-state index in [1.165, 1.54) is 5.57 Å². The van der Waals surface area contributed by atoms with Crippen LogP contribution in [0, 0.1) is 12.8 Å². The highest BCUT2D eigenvalue weighted by atomic mass is 16.3. The molecule has 1 unspecified atom stereocenters. The fourth-order valence-electron chi connectivity index (χ4n) is 2.91. The van der Waals surface area contributed by atoms with Gasteiger partial charge in [-0.15, -0.1) is 0 Å². The van der Waals surface area contributed by atoms with Gasteiger partial charge in [0, 0.05) is 25.2 Å². The van der Waals surface area contributed by atoms with Gasteiger partial charge in [0.2, 0.25) is 0 Å². The molecule has 1 aromatic rings. The maximum atomic E-state index is 12.0. The summed E-state index contributed by atoms with van der Waals surface area (Å²) in [4.78, 5) is 14.5. The molecule has 1 amide bonds. The molecule has 4 heteroatoms. The SMILES string of the molecule is CCC=C(C)CN1CCC(CNC(=O)c2occc2C)C1. The van der Waals surface area contributed by atoms with Crippen molar-refractivity contribution in [2.75, 3.05) is 26.2 Å². The zero-order chi connectivity index (χ0) is 15.2. The fraction of sp³-hybridized carbons (Fsp3) is 0.588. The van der Waals surface area contributed by atoms with Gasteiger partial charge in [0.15, 0.2) is 5.76 Å². The number of carbonyl (C=O) groups excluding carboxylic acids is 1. The minimum Gasteiger partial charge on any atom is -0.459 e. The van der Waals surface area contributed by atoms with Gasteiger partial charge in [-0.3, -0.25) is 9.69 Å². The van der Waals surface area contributed by atoms with Crippen LogP contribution in [0.1, 0.15) is 42.8 Å². The molecule has 0 spiro atoms. The Hall–Kier alpha value is -1.55. The number of furan rings is 1. The second-order valence-electron chi connectivity index (χ2n) is 5.99. The number of likely N-dealkylation sites (tertiary alicyclic amines) is 1. The molecule has 1 N–H and O–H groups in total. The van der Waals surface area contributed by atoms with Crippen LogP contribution in [0.5, 0.6) is 0 Å². The summed E-state index contributed by atoms with van der Waals surface area (Å²) in [5.41, 5.74) is 2.33. The Balaban J connectivity index is 1.75. The van der Waals surface area contributed by atoms with Crippen LogP contribution in [0.15, 0.2) is 28.4 Å². The Morgan fingerprint density at radius 1 is 1.57 bits per heavy atom. The number of aryl methyl sites for hydroxylation is 1. The topological polar surface area (TPSA) is 45.5 Å². The van der Waals surface area contributed by atoms with E-state index < -0.39 is 0 Å². The summed E-state index contributed by atoms with van der Waals surface area (Å²) in [6.45, 7) is 10.2. The normalized spacial score (nSPS) is 20.0. The van der Waals surface area contributed by atoms with Crippen molar-refractivity contribution in [1.82, 2.24) is 10.2 Å². The Labute approximate surface area is 127 Å². The highest BCUT2D eigenvalue weighted by molar-refractivity contribution is 5.92. The first-order valence-electron chi connectivity index (χ1n) is 7.80. The van der Waals surface area contributed by atoms with E-state index in [1.54, 1.807) is 6.26 Å². The van der Waals surface area contributed by atoms with Gasteiger partial charge in [-0.25, -0.2) is 0 Å². The molecule has 1 aliphatic rings. The van der Waals surface area contributed by atoms with Gasteiger partial charge >= 0.3 is 0 Å². The Morgan fingerprint density at radius 2 is 2.38 bits per heavy atom.